The van der Waals surface area contributed by atoms with Crippen molar-refractivity contribution in [1.82, 2.24) is 9.88 Å². The fourth-order valence-electron chi connectivity index (χ4n) is 2.79. The van der Waals surface area contributed by atoms with Crippen LogP contribution < -0.4 is 5.32 Å². The van der Waals surface area contributed by atoms with Crippen LogP contribution >= 0.6 is 11.6 Å². The highest BCUT2D eigenvalue weighted by atomic mass is 35.5. The maximum absolute atomic E-state index is 12.7. The van der Waals surface area contributed by atoms with Gasteiger partial charge in [-0.3, -0.25) is 4.79 Å². The first-order chi connectivity index (χ1) is 10.0. The Kier molecular flexibility index (Phi) is 5.45. The summed E-state index contributed by atoms with van der Waals surface area (Å²) >= 11 is 6.18. The van der Waals surface area contributed by atoms with E-state index in [1.807, 2.05) is 11.0 Å². The molecule has 1 N–H and O–H groups in total. The number of likely N-dealkylation sites (tertiary alicyclic amines) is 1. The number of nitrogens with zero attached hydrogens (tertiary/aromatic N) is 2. The molecule has 0 saturated carbocycles. The molecule has 2 heterocycles. The van der Waals surface area contributed by atoms with E-state index in [1.165, 1.54) is 0 Å². The number of carbonyl (C=O) groups excluding carboxylic acids is 1. The van der Waals surface area contributed by atoms with Gasteiger partial charge >= 0.3 is 0 Å². The number of halogens is 1. The lowest BCUT2D eigenvalue weighted by molar-refractivity contribution is 0.0583. The lowest BCUT2D eigenvalue weighted by atomic mass is 9.93. The van der Waals surface area contributed by atoms with Gasteiger partial charge in [-0.15, -0.1) is 0 Å². The summed E-state index contributed by atoms with van der Waals surface area (Å²) in [5.74, 6) is 1.33. The standard InChI is InChI=1S/C16H24ClN3O/c1-4-8-18-14-6-5-13(17)15(19-14)16(21)20-9-7-11(2)10-12(20)3/h5-6,11-12H,4,7-10H2,1-3H3,(H,18,19). The van der Waals surface area contributed by atoms with Crippen molar-refractivity contribution in [3.05, 3.63) is 22.8 Å². The molecule has 4 nitrogen and oxygen atoms in total. The molecule has 1 aromatic heterocycles. The molecule has 0 aliphatic carbocycles. The number of pyridine rings is 1. The maximum atomic E-state index is 12.7. The summed E-state index contributed by atoms with van der Waals surface area (Å²) in [4.78, 5) is 19.0. The minimum Gasteiger partial charge on any atom is -0.370 e. The molecule has 2 atom stereocenters. The average Bonchev–Trinajstić information content (AvgIpc) is 2.46. The van der Waals surface area contributed by atoms with Crippen LogP contribution in [0.1, 0.15) is 50.5 Å². The van der Waals surface area contributed by atoms with E-state index in [-0.39, 0.29) is 11.9 Å². The molecule has 1 aromatic rings. The van der Waals surface area contributed by atoms with Gasteiger partial charge in [-0.2, -0.15) is 0 Å². The van der Waals surface area contributed by atoms with Crippen LogP contribution in [0.4, 0.5) is 5.82 Å². The Hall–Kier alpha value is -1.29. The summed E-state index contributed by atoms with van der Waals surface area (Å²) in [6.45, 7) is 8.04. The normalized spacial score (nSPS) is 22.2. The molecule has 1 aliphatic heterocycles. The largest absolute Gasteiger partial charge is 0.370 e. The smallest absolute Gasteiger partial charge is 0.274 e. The van der Waals surface area contributed by atoms with Crippen LogP contribution in [0.5, 0.6) is 0 Å². The Morgan fingerprint density at radius 1 is 1.48 bits per heavy atom. The number of carbonyl (C=O) groups is 1. The summed E-state index contributed by atoms with van der Waals surface area (Å²) < 4.78 is 0. The monoisotopic (exact) mass is 309 g/mol. The number of anilines is 1. The Bertz CT molecular complexity index is 506. The fraction of sp³-hybridized carbons (Fsp3) is 0.625. The molecule has 0 bridgehead atoms. The van der Waals surface area contributed by atoms with E-state index in [0.29, 0.717) is 22.5 Å². The zero-order valence-electron chi connectivity index (χ0n) is 13.0. The number of aromatic nitrogens is 1. The van der Waals surface area contributed by atoms with Gasteiger partial charge in [0.2, 0.25) is 0 Å². The Morgan fingerprint density at radius 3 is 2.90 bits per heavy atom. The van der Waals surface area contributed by atoms with Gasteiger partial charge in [-0.05, 0) is 44.2 Å². The van der Waals surface area contributed by atoms with E-state index in [1.54, 1.807) is 6.07 Å². The molecule has 1 amide bonds. The molecule has 1 fully saturated rings. The third-order valence-corrected chi connectivity index (χ3v) is 4.31. The van der Waals surface area contributed by atoms with Gasteiger partial charge < -0.3 is 10.2 Å². The van der Waals surface area contributed by atoms with Gasteiger partial charge in [0.1, 0.15) is 11.5 Å². The molecule has 5 heteroatoms. The number of nitrogens with one attached hydrogen (secondary N) is 1. The quantitative estimate of drug-likeness (QED) is 0.919. The zero-order valence-corrected chi connectivity index (χ0v) is 13.8. The Morgan fingerprint density at radius 2 is 2.24 bits per heavy atom. The van der Waals surface area contributed by atoms with Crippen LogP contribution in [0, 0.1) is 5.92 Å². The molecule has 2 rings (SSSR count). The molecule has 2 unspecified atom stereocenters. The fourth-order valence-corrected chi connectivity index (χ4v) is 2.97. The first-order valence-corrected chi connectivity index (χ1v) is 8.12. The van der Waals surface area contributed by atoms with Crippen LogP contribution in [-0.4, -0.2) is 34.9 Å². The van der Waals surface area contributed by atoms with E-state index in [2.05, 4.69) is 31.1 Å². The van der Waals surface area contributed by atoms with E-state index >= 15 is 0 Å². The van der Waals surface area contributed by atoms with Crippen molar-refractivity contribution in [2.75, 3.05) is 18.4 Å². The van der Waals surface area contributed by atoms with Crippen molar-refractivity contribution < 1.29 is 4.79 Å². The van der Waals surface area contributed by atoms with Crippen LogP contribution in [-0.2, 0) is 0 Å². The number of piperidine rings is 1. The van der Waals surface area contributed by atoms with Gasteiger partial charge in [0.05, 0.1) is 5.02 Å². The molecular weight excluding hydrogens is 286 g/mol. The topological polar surface area (TPSA) is 45.2 Å². The van der Waals surface area contributed by atoms with Crippen molar-refractivity contribution in [2.45, 2.75) is 46.1 Å². The second-order valence-corrected chi connectivity index (χ2v) is 6.34. The van der Waals surface area contributed by atoms with Gasteiger partial charge in [0, 0.05) is 19.1 Å². The van der Waals surface area contributed by atoms with Gasteiger partial charge in [0.15, 0.2) is 0 Å². The van der Waals surface area contributed by atoms with Gasteiger partial charge in [0.25, 0.3) is 5.91 Å². The first kappa shape index (κ1) is 16.1. The van der Waals surface area contributed by atoms with Gasteiger partial charge in [-0.1, -0.05) is 25.4 Å². The summed E-state index contributed by atoms with van der Waals surface area (Å²) in [7, 11) is 0. The Balaban J connectivity index is 2.17. The number of hydrogen-bond donors (Lipinski definition) is 1. The third-order valence-electron chi connectivity index (χ3n) is 4.00. The van der Waals surface area contributed by atoms with E-state index in [0.717, 1.165) is 32.4 Å². The highest BCUT2D eigenvalue weighted by Crippen LogP contribution is 2.26. The Labute approximate surface area is 131 Å². The zero-order chi connectivity index (χ0) is 15.4. The van der Waals surface area contributed by atoms with Crippen LogP contribution in [0.2, 0.25) is 5.02 Å². The van der Waals surface area contributed by atoms with Crippen LogP contribution in [0.15, 0.2) is 12.1 Å². The molecule has 0 spiro atoms. The summed E-state index contributed by atoms with van der Waals surface area (Å²) in [5.41, 5.74) is 0.360. The predicted molar refractivity (Wildman–Crippen MR) is 86.9 cm³/mol. The van der Waals surface area contributed by atoms with Crippen molar-refractivity contribution in [2.24, 2.45) is 5.92 Å². The number of rotatable bonds is 4. The highest BCUT2D eigenvalue weighted by molar-refractivity contribution is 6.33. The molecule has 21 heavy (non-hydrogen) atoms. The van der Waals surface area contributed by atoms with Gasteiger partial charge in [-0.25, -0.2) is 4.98 Å². The number of hydrogen-bond acceptors (Lipinski definition) is 3. The lowest BCUT2D eigenvalue weighted by Crippen LogP contribution is -2.44. The third kappa shape index (κ3) is 3.88. The SMILES string of the molecule is CCCNc1ccc(Cl)c(C(=O)N2CCC(C)CC2C)n1. The second-order valence-electron chi connectivity index (χ2n) is 5.93. The van der Waals surface area contributed by atoms with Crippen molar-refractivity contribution >= 4 is 23.3 Å². The van der Waals surface area contributed by atoms with Crippen LogP contribution in [0.3, 0.4) is 0 Å². The first-order valence-electron chi connectivity index (χ1n) is 7.74. The molecule has 1 saturated heterocycles. The minimum atomic E-state index is -0.0560. The highest BCUT2D eigenvalue weighted by Gasteiger charge is 2.29. The molecule has 0 aromatic carbocycles. The van der Waals surface area contributed by atoms with Crippen molar-refractivity contribution in [1.29, 1.82) is 0 Å². The summed E-state index contributed by atoms with van der Waals surface area (Å²) in [6.07, 6.45) is 3.09. The molecule has 116 valence electrons. The number of amides is 1. The second kappa shape index (κ2) is 7.12. The minimum absolute atomic E-state index is 0.0560. The lowest BCUT2D eigenvalue weighted by Gasteiger charge is -2.36. The molecule has 1 aliphatic rings. The summed E-state index contributed by atoms with van der Waals surface area (Å²) in [5, 5.41) is 3.62. The molecular formula is C16H24ClN3O. The predicted octanol–water partition coefficient (Wildman–Crippen LogP) is 3.82. The van der Waals surface area contributed by atoms with Crippen molar-refractivity contribution in [3.8, 4) is 0 Å². The van der Waals surface area contributed by atoms with Crippen molar-refractivity contribution in [3.63, 3.8) is 0 Å². The average molecular weight is 310 g/mol. The van der Waals surface area contributed by atoms with E-state index < -0.39 is 0 Å². The summed E-state index contributed by atoms with van der Waals surface area (Å²) in [6, 6.07) is 3.81. The van der Waals surface area contributed by atoms with E-state index in [4.69, 9.17) is 11.6 Å². The maximum Gasteiger partial charge on any atom is 0.274 e. The van der Waals surface area contributed by atoms with E-state index in [9.17, 15) is 4.79 Å². The molecule has 0 radical (unpaired) electrons. The van der Waals surface area contributed by atoms with Crippen LogP contribution in [0.25, 0.3) is 0 Å².